The van der Waals surface area contributed by atoms with E-state index in [1.165, 1.54) is 17.8 Å². The lowest BCUT2D eigenvalue weighted by atomic mass is 10.3. The van der Waals surface area contributed by atoms with Crippen LogP contribution >= 0.6 is 11.8 Å². The van der Waals surface area contributed by atoms with Crippen LogP contribution in [0.4, 0.5) is 8.78 Å². The minimum atomic E-state index is -0.892. The van der Waals surface area contributed by atoms with Crippen LogP contribution in [0.5, 0.6) is 0 Å². The van der Waals surface area contributed by atoms with Crippen LogP contribution in [0.1, 0.15) is 6.42 Å². The van der Waals surface area contributed by atoms with E-state index < -0.39 is 11.6 Å². The number of hydrogen-bond acceptors (Lipinski definition) is 3. The van der Waals surface area contributed by atoms with Gasteiger partial charge < -0.3 is 10.2 Å². The van der Waals surface area contributed by atoms with E-state index in [4.69, 9.17) is 0 Å². The molecule has 19 heavy (non-hydrogen) atoms. The van der Waals surface area contributed by atoms with E-state index in [2.05, 4.69) is 5.32 Å². The van der Waals surface area contributed by atoms with Crippen LogP contribution < -0.4 is 5.32 Å². The largest absolute Gasteiger partial charge is 0.355 e. The van der Waals surface area contributed by atoms with E-state index in [0.717, 1.165) is 25.1 Å². The van der Waals surface area contributed by atoms with Crippen molar-refractivity contribution in [1.29, 1.82) is 0 Å². The lowest BCUT2D eigenvalue weighted by Gasteiger charge is -2.09. The topological polar surface area (TPSA) is 32.3 Å². The van der Waals surface area contributed by atoms with Crippen molar-refractivity contribution in [3.8, 4) is 0 Å². The standard InChI is InChI=1S/C13H18F2N2OS/c1-17(2)7-3-6-16-13(18)9-19-10-4-5-11(14)12(15)8-10/h4-5,8H,3,6-7,9H2,1-2H3,(H,16,18). The number of halogens is 2. The van der Waals surface area contributed by atoms with Gasteiger partial charge in [0.15, 0.2) is 11.6 Å². The highest BCUT2D eigenvalue weighted by Gasteiger charge is 2.06. The fraction of sp³-hybridized carbons (Fsp3) is 0.462. The molecule has 0 aliphatic heterocycles. The van der Waals surface area contributed by atoms with Crippen molar-refractivity contribution < 1.29 is 13.6 Å². The fourth-order valence-corrected chi connectivity index (χ4v) is 2.14. The molecule has 106 valence electrons. The van der Waals surface area contributed by atoms with Crippen molar-refractivity contribution in [2.75, 3.05) is 32.9 Å². The molecule has 0 saturated carbocycles. The first-order valence-electron chi connectivity index (χ1n) is 5.98. The minimum absolute atomic E-state index is 0.103. The molecular weight excluding hydrogens is 270 g/mol. The molecule has 0 radical (unpaired) electrons. The number of amides is 1. The minimum Gasteiger partial charge on any atom is -0.355 e. The van der Waals surface area contributed by atoms with Crippen molar-refractivity contribution in [3.05, 3.63) is 29.8 Å². The van der Waals surface area contributed by atoms with Gasteiger partial charge in [-0.15, -0.1) is 11.8 Å². The van der Waals surface area contributed by atoms with Gasteiger partial charge in [0, 0.05) is 11.4 Å². The fourth-order valence-electron chi connectivity index (χ4n) is 1.39. The Hall–Kier alpha value is -1.14. The van der Waals surface area contributed by atoms with Crippen LogP contribution in [0.2, 0.25) is 0 Å². The zero-order chi connectivity index (χ0) is 14.3. The summed E-state index contributed by atoms with van der Waals surface area (Å²) < 4.78 is 25.6. The van der Waals surface area contributed by atoms with Crippen molar-refractivity contribution in [1.82, 2.24) is 10.2 Å². The smallest absolute Gasteiger partial charge is 0.230 e. The number of nitrogens with zero attached hydrogens (tertiary/aromatic N) is 1. The Morgan fingerprint density at radius 3 is 2.68 bits per heavy atom. The predicted octanol–water partition coefficient (Wildman–Crippen LogP) is 2.12. The highest BCUT2D eigenvalue weighted by Crippen LogP contribution is 2.19. The molecule has 0 saturated heterocycles. The van der Waals surface area contributed by atoms with Gasteiger partial charge in [0.25, 0.3) is 0 Å². The summed E-state index contributed by atoms with van der Waals surface area (Å²) in [5, 5.41) is 2.78. The molecule has 1 aromatic rings. The maximum Gasteiger partial charge on any atom is 0.230 e. The van der Waals surface area contributed by atoms with Crippen molar-refractivity contribution in [2.24, 2.45) is 0 Å². The van der Waals surface area contributed by atoms with Crippen LogP contribution in [0.3, 0.4) is 0 Å². The van der Waals surface area contributed by atoms with Gasteiger partial charge in [0.1, 0.15) is 0 Å². The summed E-state index contributed by atoms with van der Waals surface area (Å²) in [6.07, 6.45) is 0.884. The zero-order valence-corrected chi connectivity index (χ0v) is 11.9. The third-order valence-electron chi connectivity index (χ3n) is 2.37. The summed E-state index contributed by atoms with van der Waals surface area (Å²) in [7, 11) is 3.95. The van der Waals surface area contributed by atoms with E-state index in [1.54, 1.807) is 0 Å². The Bertz CT molecular complexity index is 427. The quantitative estimate of drug-likeness (QED) is 0.616. The molecule has 0 heterocycles. The Labute approximate surface area is 116 Å². The molecule has 6 heteroatoms. The Morgan fingerprint density at radius 1 is 1.32 bits per heavy atom. The van der Waals surface area contributed by atoms with E-state index in [0.29, 0.717) is 11.4 Å². The van der Waals surface area contributed by atoms with Gasteiger partial charge in [-0.25, -0.2) is 8.78 Å². The number of nitrogens with one attached hydrogen (secondary N) is 1. The van der Waals surface area contributed by atoms with Gasteiger partial charge in [-0.2, -0.15) is 0 Å². The average molecular weight is 288 g/mol. The van der Waals surface area contributed by atoms with E-state index >= 15 is 0 Å². The van der Waals surface area contributed by atoms with Crippen LogP contribution in [0, 0.1) is 11.6 Å². The Kier molecular flexibility index (Phi) is 6.80. The lowest BCUT2D eigenvalue weighted by Crippen LogP contribution is -2.28. The van der Waals surface area contributed by atoms with E-state index in [-0.39, 0.29) is 11.7 Å². The zero-order valence-electron chi connectivity index (χ0n) is 11.1. The normalized spacial score (nSPS) is 10.8. The molecule has 0 bridgehead atoms. The third-order valence-corrected chi connectivity index (χ3v) is 3.36. The first-order chi connectivity index (χ1) is 8.99. The molecule has 0 spiro atoms. The number of benzene rings is 1. The summed E-state index contributed by atoms with van der Waals surface area (Å²) in [6, 6.07) is 3.62. The number of carbonyl (C=O) groups is 1. The van der Waals surface area contributed by atoms with Crippen LogP contribution in [-0.4, -0.2) is 43.7 Å². The second-order valence-corrected chi connectivity index (χ2v) is 5.42. The second-order valence-electron chi connectivity index (χ2n) is 4.37. The van der Waals surface area contributed by atoms with Gasteiger partial charge in [0.2, 0.25) is 5.91 Å². The monoisotopic (exact) mass is 288 g/mol. The summed E-state index contributed by atoms with van der Waals surface area (Å²) in [6.45, 7) is 1.53. The molecular formula is C13H18F2N2OS. The van der Waals surface area contributed by atoms with Gasteiger partial charge in [-0.3, -0.25) is 4.79 Å². The molecule has 0 aromatic heterocycles. The first kappa shape index (κ1) is 15.9. The van der Waals surface area contributed by atoms with Crippen molar-refractivity contribution in [3.63, 3.8) is 0 Å². The van der Waals surface area contributed by atoms with Crippen LogP contribution in [-0.2, 0) is 4.79 Å². The van der Waals surface area contributed by atoms with Crippen molar-refractivity contribution >= 4 is 17.7 Å². The lowest BCUT2D eigenvalue weighted by molar-refractivity contribution is -0.118. The number of hydrogen-bond donors (Lipinski definition) is 1. The maximum atomic E-state index is 12.9. The molecule has 0 aliphatic rings. The number of rotatable bonds is 7. The molecule has 0 atom stereocenters. The van der Waals surface area contributed by atoms with E-state index in [1.807, 2.05) is 19.0 Å². The van der Waals surface area contributed by atoms with Gasteiger partial charge in [0.05, 0.1) is 5.75 Å². The van der Waals surface area contributed by atoms with Crippen molar-refractivity contribution in [2.45, 2.75) is 11.3 Å². The Balaban J connectivity index is 2.24. The molecule has 0 fully saturated rings. The molecule has 1 N–H and O–H groups in total. The summed E-state index contributed by atoms with van der Waals surface area (Å²) in [4.78, 5) is 14.1. The molecule has 3 nitrogen and oxygen atoms in total. The predicted molar refractivity (Wildman–Crippen MR) is 73.3 cm³/mol. The summed E-state index contributed by atoms with van der Waals surface area (Å²) >= 11 is 1.19. The third kappa shape index (κ3) is 6.54. The van der Waals surface area contributed by atoms with Gasteiger partial charge >= 0.3 is 0 Å². The highest BCUT2D eigenvalue weighted by atomic mass is 32.2. The molecule has 1 aromatic carbocycles. The summed E-state index contributed by atoms with van der Waals surface area (Å²) in [5.74, 6) is -1.67. The number of carbonyl (C=O) groups excluding carboxylic acids is 1. The highest BCUT2D eigenvalue weighted by molar-refractivity contribution is 8.00. The van der Waals surface area contributed by atoms with Gasteiger partial charge in [-0.05, 0) is 45.3 Å². The summed E-state index contributed by atoms with van der Waals surface area (Å²) in [5.41, 5.74) is 0. The van der Waals surface area contributed by atoms with Crippen LogP contribution in [0.25, 0.3) is 0 Å². The first-order valence-corrected chi connectivity index (χ1v) is 6.97. The molecule has 1 rings (SSSR count). The van der Waals surface area contributed by atoms with Crippen LogP contribution in [0.15, 0.2) is 23.1 Å². The van der Waals surface area contributed by atoms with Gasteiger partial charge in [-0.1, -0.05) is 0 Å². The SMILES string of the molecule is CN(C)CCCNC(=O)CSc1ccc(F)c(F)c1. The maximum absolute atomic E-state index is 12.9. The molecule has 0 unspecified atom stereocenters. The average Bonchev–Trinajstić information content (AvgIpc) is 2.36. The molecule has 0 aliphatic carbocycles. The number of thioether (sulfide) groups is 1. The second kappa shape index (κ2) is 8.12. The Morgan fingerprint density at radius 2 is 2.05 bits per heavy atom. The molecule has 1 amide bonds. The van der Waals surface area contributed by atoms with E-state index in [9.17, 15) is 13.6 Å².